The predicted octanol–water partition coefficient (Wildman–Crippen LogP) is 2.37. The molecule has 4 nitrogen and oxygen atoms in total. The molecule has 0 aliphatic carbocycles. The average Bonchev–Trinajstić information content (AvgIpc) is 2.42. The van der Waals surface area contributed by atoms with E-state index in [0.717, 1.165) is 6.54 Å². The van der Waals surface area contributed by atoms with Gasteiger partial charge in [-0.25, -0.2) is 9.37 Å². The maximum atomic E-state index is 14.0. The van der Waals surface area contributed by atoms with Gasteiger partial charge in [-0.05, 0) is 26.3 Å². The Hall–Kier alpha value is -1.36. The summed E-state index contributed by atoms with van der Waals surface area (Å²) in [4.78, 5) is 6.56. The van der Waals surface area contributed by atoms with Gasteiger partial charge in [0.15, 0.2) is 5.75 Å². The summed E-state index contributed by atoms with van der Waals surface area (Å²) < 4.78 is 24.8. The predicted molar refractivity (Wildman–Crippen MR) is 68.9 cm³/mol. The van der Waals surface area contributed by atoms with Gasteiger partial charge >= 0.3 is 0 Å². The maximum Gasteiger partial charge on any atom is 0.257 e. The Morgan fingerprint density at radius 1 is 1.37 bits per heavy atom. The molecule has 1 fully saturated rings. The van der Waals surface area contributed by atoms with Crippen LogP contribution in [0.5, 0.6) is 11.6 Å². The summed E-state index contributed by atoms with van der Waals surface area (Å²) in [5.74, 6) is 0.536. The van der Waals surface area contributed by atoms with Gasteiger partial charge in [0, 0.05) is 18.7 Å². The fourth-order valence-electron chi connectivity index (χ4n) is 2.68. The number of piperidine rings is 1. The van der Waals surface area contributed by atoms with Crippen molar-refractivity contribution in [2.75, 3.05) is 19.8 Å². The Balaban J connectivity index is 1.80. The van der Waals surface area contributed by atoms with Crippen LogP contribution in [0.15, 0.2) is 6.07 Å². The van der Waals surface area contributed by atoms with Gasteiger partial charge in [0.25, 0.3) is 5.88 Å². The summed E-state index contributed by atoms with van der Waals surface area (Å²) in [5.41, 5.74) is 0.456. The minimum Gasteiger partial charge on any atom is -0.484 e. The zero-order valence-corrected chi connectivity index (χ0v) is 11.2. The van der Waals surface area contributed by atoms with Crippen LogP contribution in [0.1, 0.15) is 31.9 Å². The first kappa shape index (κ1) is 12.7. The Bertz CT molecular complexity index is 467. The van der Waals surface area contributed by atoms with E-state index in [1.54, 1.807) is 0 Å². The lowest BCUT2D eigenvalue weighted by Gasteiger charge is -2.33. The summed E-state index contributed by atoms with van der Waals surface area (Å²) in [6.45, 7) is 4.68. The quantitative estimate of drug-likeness (QED) is 0.823. The number of rotatable bonds is 2. The van der Waals surface area contributed by atoms with E-state index >= 15 is 0 Å². The van der Waals surface area contributed by atoms with Crippen molar-refractivity contribution in [3.05, 3.63) is 17.6 Å². The maximum absolute atomic E-state index is 14.0. The van der Waals surface area contributed by atoms with E-state index < -0.39 is 0 Å². The van der Waals surface area contributed by atoms with Crippen LogP contribution < -0.4 is 9.47 Å². The van der Waals surface area contributed by atoms with E-state index in [1.807, 2.05) is 0 Å². The molecule has 1 saturated heterocycles. The second kappa shape index (κ2) is 5.33. The molecule has 0 aromatic carbocycles. The molecule has 0 N–H and O–H groups in total. The zero-order valence-electron chi connectivity index (χ0n) is 11.2. The van der Waals surface area contributed by atoms with Crippen molar-refractivity contribution < 1.29 is 13.9 Å². The molecule has 3 heterocycles. The molecule has 19 heavy (non-hydrogen) atoms. The number of aromatic nitrogens is 1. The number of ether oxygens (including phenoxy) is 2. The molecule has 0 spiro atoms. The highest BCUT2D eigenvalue weighted by molar-refractivity contribution is 5.36. The van der Waals surface area contributed by atoms with Gasteiger partial charge in [0.05, 0.1) is 5.69 Å². The minimum atomic E-state index is -0.304. The molecule has 2 aliphatic rings. The number of likely N-dealkylation sites (tertiary alicyclic amines) is 1. The smallest absolute Gasteiger partial charge is 0.257 e. The van der Waals surface area contributed by atoms with Gasteiger partial charge in [0.2, 0.25) is 0 Å². The first-order valence-electron chi connectivity index (χ1n) is 6.93. The second-order valence-electron chi connectivity index (χ2n) is 5.23. The number of pyridine rings is 1. The highest BCUT2D eigenvalue weighted by Crippen LogP contribution is 2.30. The monoisotopic (exact) mass is 266 g/mol. The van der Waals surface area contributed by atoms with Crippen LogP contribution in [0.3, 0.4) is 0 Å². The van der Waals surface area contributed by atoms with Crippen LogP contribution in [-0.4, -0.2) is 35.7 Å². The third kappa shape index (κ3) is 2.66. The van der Waals surface area contributed by atoms with Crippen LogP contribution in [0.4, 0.5) is 4.39 Å². The van der Waals surface area contributed by atoms with E-state index in [4.69, 9.17) is 9.47 Å². The number of hydrogen-bond donors (Lipinski definition) is 0. The van der Waals surface area contributed by atoms with Gasteiger partial charge in [-0.15, -0.1) is 0 Å². The summed E-state index contributed by atoms with van der Waals surface area (Å²) in [5, 5.41) is 0. The van der Waals surface area contributed by atoms with Crippen molar-refractivity contribution >= 4 is 0 Å². The molecule has 104 valence electrons. The van der Waals surface area contributed by atoms with E-state index in [9.17, 15) is 4.39 Å². The molecular weight excluding hydrogens is 247 g/mol. The van der Waals surface area contributed by atoms with Gasteiger partial charge in [-0.2, -0.15) is 0 Å². The summed E-state index contributed by atoms with van der Waals surface area (Å²) >= 11 is 0. The van der Waals surface area contributed by atoms with Crippen LogP contribution in [0, 0.1) is 5.82 Å². The number of halogens is 1. The molecule has 0 unspecified atom stereocenters. The molecule has 0 saturated carbocycles. The normalized spacial score (nSPS) is 23.4. The summed E-state index contributed by atoms with van der Waals surface area (Å²) in [6.07, 6.45) is 3.61. The molecule has 3 rings (SSSR count). The fraction of sp³-hybridized carbons (Fsp3) is 0.643. The molecule has 1 aromatic rings. The van der Waals surface area contributed by atoms with Crippen molar-refractivity contribution in [1.82, 2.24) is 9.88 Å². The van der Waals surface area contributed by atoms with Crippen LogP contribution >= 0.6 is 0 Å². The molecule has 2 aliphatic heterocycles. The number of nitrogens with zero attached hydrogens (tertiary/aromatic N) is 2. The molecule has 1 atom stereocenters. The Kier molecular flexibility index (Phi) is 3.55. The number of hydrogen-bond acceptors (Lipinski definition) is 4. The minimum absolute atomic E-state index is 0.304. The highest BCUT2D eigenvalue weighted by Gasteiger charge is 2.23. The first-order valence-corrected chi connectivity index (χ1v) is 6.93. The number of fused-ring (bicyclic) bond motifs is 1. The second-order valence-corrected chi connectivity index (χ2v) is 5.23. The summed E-state index contributed by atoms with van der Waals surface area (Å²) in [7, 11) is 0. The van der Waals surface area contributed by atoms with Gasteiger partial charge < -0.3 is 9.47 Å². The van der Waals surface area contributed by atoms with Crippen LogP contribution in [-0.2, 0) is 6.54 Å². The van der Waals surface area contributed by atoms with Gasteiger partial charge in [0.1, 0.15) is 19.0 Å². The Morgan fingerprint density at radius 3 is 3.05 bits per heavy atom. The lowest BCUT2D eigenvalue weighted by molar-refractivity contribution is 0.143. The van der Waals surface area contributed by atoms with Crippen molar-refractivity contribution in [2.45, 2.75) is 38.8 Å². The first-order chi connectivity index (χ1) is 9.24. The highest BCUT2D eigenvalue weighted by atomic mass is 19.1. The van der Waals surface area contributed by atoms with Gasteiger partial charge in [-0.1, -0.05) is 6.42 Å². The Morgan fingerprint density at radius 2 is 2.21 bits per heavy atom. The van der Waals surface area contributed by atoms with E-state index in [-0.39, 0.29) is 5.82 Å². The van der Waals surface area contributed by atoms with Crippen molar-refractivity contribution in [3.63, 3.8) is 0 Å². The largest absolute Gasteiger partial charge is 0.484 e. The average molecular weight is 266 g/mol. The van der Waals surface area contributed by atoms with E-state index in [2.05, 4.69) is 16.8 Å². The van der Waals surface area contributed by atoms with Crippen molar-refractivity contribution in [1.29, 1.82) is 0 Å². The van der Waals surface area contributed by atoms with Crippen molar-refractivity contribution in [3.8, 4) is 11.6 Å². The molecule has 0 radical (unpaired) electrons. The van der Waals surface area contributed by atoms with Crippen LogP contribution in [0.2, 0.25) is 0 Å². The third-order valence-corrected chi connectivity index (χ3v) is 3.85. The van der Waals surface area contributed by atoms with E-state index in [1.165, 1.54) is 25.3 Å². The SMILES string of the molecule is C[C@H]1CCCCN1Cc1nc2c(cc1F)OCCO2. The molecule has 0 bridgehead atoms. The lowest BCUT2D eigenvalue weighted by atomic mass is 10.0. The van der Waals surface area contributed by atoms with E-state index in [0.29, 0.717) is 43.1 Å². The summed E-state index contributed by atoms with van der Waals surface area (Å²) in [6, 6.07) is 1.88. The topological polar surface area (TPSA) is 34.6 Å². The zero-order chi connectivity index (χ0) is 13.2. The lowest BCUT2D eigenvalue weighted by Crippen LogP contribution is -2.37. The standard InChI is InChI=1S/C14H19FN2O2/c1-10-4-2-3-5-17(10)9-12-11(15)8-13-14(16-12)19-7-6-18-13/h8,10H,2-7,9H2,1H3/t10-/m0/s1. The molecule has 5 heteroatoms. The third-order valence-electron chi connectivity index (χ3n) is 3.85. The fourth-order valence-corrected chi connectivity index (χ4v) is 2.68. The molecule has 0 amide bonds. The van der Waals surface area contributed by atoms with Crippen molar-refractivity contribution in [2.24, 2.45) is 0 Å². The van der Waals surface area contributed by atoms with Gasteiger partial charge in [-0.3, -0.25) is 4.90 Å². The van der Waals surface area contributed by atoms with Crippen LogP contribution in [0.25, 0.3) is 0 Å². The Labute approximate surface area is 112 Å². The molecular formula is C14H19FN2O2. The molecule has 1 aromatic heterocycles.